The Bertz CT molecular complexity index is 985. The van der Waals surface area contributed by atoms with Gasteiger partial charge in [0.05, 0.1) is 0 Å². The van der Waals surface area contributed by atoms with Crippen LogP contribution < -0.4 is 0 Å². The highest BCUT2D eigenvalue weighted by Gasteiger charge is 2.70. The lowest BCUT2D eigenvalue weighted by Crippen LogP contribution is -2.66. The minimum Gasteiger partial charge on any atom is -0.481 e. The number of carboxylic acid groups (broad SMARTS) is 1. The lowest BCUT2D eigenvalue weighted by atomic mass is 9.33. The van der Waals surface area contributed by atoms with E-state index in [2.05, 4.69) is 47.6 Å². The van der Waals surface area contributed by atoms with E-state index in [4.69, 9.17) is 4.74 Å². The van der Waals surface area contributed by atoms with Gasteiger partial charge >= 0.3 is 11.9 Å². The van der Waals surface area contributed by atoms with Gasteiger partial charge in [-0.25, -0.2) is 0 Å². The van der Waals surface area contributed by atoms with Crippen molar-refractivity contribution in [3.8, 4) is 0 Å². The van der Waals surface area contributed by atoms with Crippen LogP contribution in [-0.2, 0) is 14.3 Å². The molecule has 0 radical (unpaired) electrons. The molecule has 0 heterocycles. The molecule has 4 heteroatoms. The van der Waals surface area contributed by atoms with Crippen molar-refractivity contribution in [1.29, 1.82) is 0 Å². The largest absolute Gasteiger partial charge is 0.481 e. The quantitative estimate of drug-likeness (QED) is 0.313. The van der Waals surface area contributed by atoms with Gasteiger partial charge in [-0.2, -0.15) is 0 Å². The summed E-state index contributed by atoms with van der Waals surface area (Å²) in [5, 5.41) is 10.5. The molecule has 0 saturated heterocycles. The van der Waals surface area contributed by atoms with Crippen LogP contribution in [0.1, 0.15) is 113 Å². The molecule has 0 spiro atoms. The minimum absolute atomic E-state index is 0.0136. The third kappa shape index (κ3) is 3.17. The van der Waals surface area contributed by atoms with Gasteiger partial charge in [0, 0.05) is 6.92 Å². The Labute approximate surface area is 219 Å². The van der Waals surface area contributed by atoms with E-state index in [9.17, 15) is 14.7 Å². The molecule has 4 saturated carbocycles. The van der Waals surface area contributed by atoms with Crippen molar-refractivity contribution >= 4 is 11.9 Å². The summed E-state index contributed by atoms with van der Waals surface area (Å²) in [5.41, 5.74) is 1.40. The molecule has 0 amide bonds. The fourth-order valence-corrected chi connectivity index (χ4v) is 11.2. The standard InChI is InChI=1S/C32H50O4/c1-19-11-14-28(4)17-18-30(6)22(26(28)20(19)2)9-10-23-29(5)15-13-25(36-21(3)33)32(8,27(34)35)24(29)12-16-31(23,30)7/h9,19-20,23-26H,10-18H2,1-8H3,(H,34,35)/t19-,20-,23+,24-,25+,26+,28+,29-,30-,31+,32+/m1/s1. The molecule has 11 atom stereocenters. The fraction of sp³-hybridized carbons (Fsp3) is 0.875. The predicted octanol–water partition coefficient (Wildman–Crippen LogP) is 7.66. The van der Waals surface area contributed by atoms with Crippen LogP contribution >= 0.6 is 0 Å². The molecule has 202 valence electrons. The molecule has 5 rings (SSSR count). The number of carbonyl (C=O) groups excluding carboxylic acids is 1. The number of hydrogen-bond acceptors (Lipinski definition) is 3. The Kier molecular flexibility index (Phi) is 5.91. The summed E-state index contributed by atoms with van der Waals surface area (Å²) in [7, 11) is 0. The van der Waals surface area contributed by atoms with Crippen LogP contribution in [0.4, 0.5) is 0 Å². The molecule has 0 aromatic heterocycles. The smallest absolute Gasteiger partial charge is 0.313 e. The number of aliphatic carboxylic acids is 1. The van der Waals surface area contributed by atoms with Gasteiger partial charge in [-0.05, 0) is 116 Å². The fourth-order valence-electron chi connectivity index (χ4n) is 11.2. The molecule has 0 bridgehead atoms. The Balaban J connectivity index is 1.57. The van der Waals surface area contributed by atoms with E-state index >= 15 is 0 Å². The van der Waals surface area contributed by atoms with Gasteiger partial charge in [-0.15, -0.1) is 0 Å². The normalized spacial score (nSPS) is 54.2. The first-order valence-electron chi connectivity index (χ1n) is 14.8. The summed E-state index contributed by atoms with van der Waals surface area (Å²) >= 11 is 0. The van der Waals surface area contributed by atoms with Gasteiger partial charge in [0.2, 0.25) is 0 Å². The van der Waals surface area contributed by atoms with Crippen molar-refractivity contribution < 1.29 is 19.4 Å². The van der Waals surface area contributed by atoms with Gasteiger partial charge in [-0.3, -0.25) is 9.59 Å². The average molecular weight is 499 g/mol. The molecule has 5 aliphatic carbocycles. The first-order chi connectivity index (χ1) is 16.6. The number of carboxylic acids is 1. The van der Waals surface area contributed by atoms with Crippen LogP contribution in [0.2, 0.25) is 0 Å². The van der Waals surface area contributed by atoms with Crippen LogP contribution in [0, 0.1) is 56.7 Å². The topological polar surface area (TPSA) is 63.6 Å². The number of fused-ring (bicyclic) bond motifs is 7. The summed E-state index contributed by atoms with van der Waals surface area (Å²) in [6.45, 7) is 18.4. The van der Waals surface area contributed by atoms with Gasteiger partial charge in [0.1, 0.15) is 11.5 Å². The van der Waals surface area contributed by atoms with Gasteiger partial charge in [0.25, 0.3) is 0 Å². The molecular formula is C32H50O4. The van der Waals surface area contributed by atoms with E-state index in [1.807, 2.05) is 6.92 Å². The molecular weight excluding hydrogens is 448 g/mol. The number of carbonyl (C=O) groups is 2. The summed E-state index contributed by atoms with van der Waals surface area (Å²) in [5.74, 6) is 1.47. The highest BCUT2D eigenvalue weighted by atomic mass is 16.5. The second kappa shape index (κ2) is 8.09. The summed E-state index contributed by atoms with van der Waals surface area (Å²) in [6.07, 6.45) is 12.0. The molecule has 0 aromatic carbocycles. The minimum atomic E-state index is -1.04. The van der Waals surface area contributed by atoms with Crippen LogP contribution in [0.15, 0.2) is 11.6 Å². The SMILES string of the molecule is CC(=O)O[C@H]1CC[C@@]2(C)[C@@H](CC[C@@]3(C)[C@H]2CC=C2[C@@H]4[C@H](C)[C@H](C)CC[C@@]4(C)CC[C@]23C)[C@]1(C)C(=O)O. The van der Waals surface area contributed by atoms with Crippen LogP contribution in [0.3, 0.4) is 0 Å². The Hall–Kier alpha value is -1.32. The second-order valence-corrected chi connectivity index (χ2v) is 15.0. The zero-order valence-electron chi connectivity index (χ0n) is 24.1. The van der Waals surface area contributed by atoms with E-state index in [-0.39, 0.29) is 28.1 Å². The molecule has 0 unspecified atom stereocenters. The molecule has 36 heavy (non-hydrogen) atoms. The first-order valence-corrected chi connectivity index (χ1v) is 14.8. The molecule has 5 aliphatic rings. The summed E-state index contributed by atoms with van der Waals surface area (Å²) in [4.78, 5) is 24.8. The second-order valence-electron chi connectivity index (χ2n) is 15.0. The van der Waals surface area contributed by atoms with E-state index in [0.29, 0.717) is 23.7 Å². The zero-order valence-corrected chi connectivity index (χ0v) is 24.1. The van der Waals surface area contributed by atoms with Gasteiger partial charge < -0.3 is 9.84 Å². The third-order valence-electron chi connectivity index (χ3n) is 13.8. The lowest BCUT2D eigenvalue weighted by molar-refractivity contribution is -0.223. The maximum absolute atomic E-state index is 12.9. The molecule has 0 aliphatic heterocycles. The van der Waals surface area contributed by atoms with Crippen molar-refractivity contribution in [3.05, 3.63) is 11.6 Å². The van der Waals surface area contributed by atoms with E-state index in [0.717, 1.165) is 37.5 Å². The van der Waals surface area contributed by atoms with E-state index in [1.165, 1.54) is 32.6 Å². The van der Waals surface area contributed by atoms with Gasteiger partial charge in [-0.1, -0.05) is 53.2 Å². The lowest BCUT2D eigenvalue weighted by Gasteiger charge is -2.71. The van der Waals surface area contributed by atoms with Crippen molar-refractivity contribution in [2.75, 3.05) is 0 Å². The maximum Gasteiger partial charge on any atom is 0.313 e. The van der Waals surface area contributed by atoms with Crippen LogP contribution in [0.25, 0.3) is 0 Å². The van der Waals surface area contributed by atoms with Crippen LogP contribution in [-0.4, -0.2) is 23.1 Å². The molecule has 1 N–H and O–H groups in total. The van der Waals surface area contributed by atoms with E-state index in [1.54, 1.807) is 5.57 Å². The highest BCUT2D eigenvalue weighted by Crippen LogP contribution is 2.75. The molecule has 0 aromatic rings. The Morgan fingerprint density at radius 3 is 2.25 bits per heavy atom. The van der Waals surface area contributed by atoms with Crippen molar-refractivity contribution in [3.63, 3.8) is 0 Å². The van der Waals surface area contributed by atoms with E-state index < -0.39 is 17.5 Å². The number of allylic oxidation sites excluding steroid dienone is 2. The van der Waals surface area contributed by atoms with Crippen LogP contribution in [0.5, 0.6) is 0 Å². The first kappa shape index (κ1) is 26.3. The zero-order chi connectivity index (χ0) is 26.5. The Morgan fingerprint density at radius 1 is 0.917 bits per heavy atom. The number of hydrogen-bond donors (Lipinski definition) is 1. The Morgan fingerprint density at radius 2 is 1.61 bits per heavy atom. The molecule has 4 nitrogen and oxygen atoms in total. The maximum atomic E-state index is 12.9. The van der Waals surface area contributed by atoms with Crippen molar-refractivity contribution in [2.24, 2.45) is 56.7 Å². The number of esters is 1. The molecule has 4 fully saturated rings. The average Bonchev–Trinajstić information content (AvgIpc) is 2.79. The summed E-state index contributed by atoms with van der Waals surface area (Å²) in [6, 6.07) is 0. The van der Waals surface area contributed by atoms with Gasteiger partial charge in [0.15, 0.2) is 0 Å². The number of rotatable bonds is 2. The number of ether oxygens (including phenoxy) is 1. The monoisotopic (exact) mass is 498 g/mol. The van der Waals surface area contributed by atoms with Crippen molar-refractivity contribution in [1.82, 2.24) is 0 Å². The summed E-state index contributed by atoms with van der Waals surface area (Å²) < 4.78 is 5.69. The predicted molar refractivity (Wildman–Crippen MR) is 142 cm³/mol. The van der Waals surface area contributed by atoms with Crippen molar-refractivity contribution in [2.45, 2.75) is 119 Å². The third-order valence-corrected chi connectivity index (χ3v) is 13.8. The highest BCUT2D eigenvalue weighted by molar-refractivity contribution is 5.77.